The maximum absolute atomic E-state index is 13.2. The summed E-state index contributed by atoms with van der Waals surface area (Å²) >= 11 is 0. The average Bonchev–Trinajstić information content (AvgIpc) is 2.45. The van der Waals surface area contributed by atoms with Crippen molar-refractivity contribution in [3.63, 3.8) is 0 Å². The molecule has 2 aromatic rings. The summed E-state index contributed by atoms with van der Waals surface area (Å²) in [4.78, 5) is 0. The highest BCUT2D eigenvalue weighted by molar-refractivity contribution is 5.40. The zero-order valence-electron chi connectivity index (χ0n) is 11.7. The Balaban J connectivity index is 2.28. The Morgan fingerprint density at radius 1 is 1.25 bits per heavy atom. The molecule has 2 rings (SSSR count). The van der Waals surface area contributed by atoms with Crippen LogP contribution in [-0.4, -0.2) is 7.11 Å². The van der Waals surface area contributed by atoms with E-state index in [1.165, 1.54) is 12.1 Å². The van der Waals surface area contributed by atoms with Gasteiger partial charge in [-0.15, -0.1) is 0 Å². The van der Waals surface area contributed by atoms with Crippen LogP contribution >= 0.6 is 0 Å². The Hall–Kier alpha value is -1.91. The zero-order valence-corrected chi connectivity index (χ0v) is 11.7. The van der Waals surface area contributed by atoms with Crippen molar-refractivity contribution in [3.05, 3.63) is 65.0 Å². The van der Waals surface area contributed by atoms with Crippen LogP contribution in [0.1, 0.15) is 22.7 Å². The van der Waals surface area contributed by atoms with Gasteiger partial charge in [-0.1, -0.05) is 24.3 Å². The molecular weight excluding hydrogens is 255 g/mol. The minimum atomic E-state index is -0.242. The molecule has 0 saturated carbocycles. The summed E-state index contributed by atoms with van der Waals surface area (Å²) in [6.07, 6.45) is 0.591. The molecule has 0 radical (unpaired) electrons. The molecule has 0 saturated heterocycles. The van der Waals surface area contributed by atoms with Crippen LogP contribution in [0, 0.1) is 12.7 Å². The fourth-order valence-electron chi connectivity index (χ4n) is 2.26. The lowest BCUT2D eigenvalue weighted by atomic mass is 9.97. The molecule has 0 aliphatic rings. The fraction of sp³-hybridized carbons (Fsp3) is 0.250. The Morgan fingerprint density at radius 3 is 2.70 bits per heavy atom. The lowest BCUT2D eigenvalue weighted by molar-refractivity contribution is 0.398. The third-order valence-corrected chi connectivity index (χ3v) is 3.29. The van der Waals surface area contributed by atoms with Gasteiger partial charge < -0.3 is 4.74 Å². The van der Waals surface area contributed by atoms with Crippen molar-refractivity contribution < 1.29 is 9.13 Å². The van der Waals surface area contributed by atoms with Crippen LogP contribution in [0.4, 0.5) is 4.39 Å². The van der Waals surface area contributed by atoms with Crippen molar-refractivity contribution in [1.82, 2.24) is 5.43 Å². The maximum Gasteiger partial charge on any atom is 0.123 e. The largest absolute Gasteiger partial charge is 0.496 e. The molecule has 0 aliphatic carbocycles. The highest BCUT2D eigenvalue weighted by atomic mass is 19.1. The Morgan fingerprint density at radius 2 is 2.05 bits per heavy atom. The van der Waals surface area contributed by atoms with Crippen molar-refractivity contribution in [1.29, 1.82) is 0 Å². The summed E-state index contributed by atoms with van der Waals surface area (Å²) in [6.45, 7) is 2.00. The average molecular weight is 274 g/mol. The fourth-order valence-corrected chi connectivity index (χ4v) is 2.26. The molecule has 106 valence electrons. The second-order valence-corrected chi connectivity index (χ2v) is 4.80. The number of hydrogen-bond acceptors (Lipinski definition) is 3. The van der Waals surface area contributed by atoms with Crippen molar-refractivity contribution in [2.75, 3.05) is 7.11 Å². The number of halogens is 1. The molecule has 0 heterocycles. The van der Waals surface area contributed by atoms with Gasteiger partial charge in [0.2, 0.25) is 0 Å². The summed E-state index contributed by atoms with van der Waals surface area (Å²) < 4.78 is 18.6. The van der Waals surface area contributed by atoms with Crippen LogP contribution in [0.3, 0.4) is 0 Å². The standard InChI is InChI=1S/C16H19FN2O/c1-11-6-7-14(16(8-11)20-2)15(19-18)10-12-4-3-5-13(17)9-12/h3-9,15,19H,10,18H2,1-2H3. The smallest absolute Gasteiger partial charge is 0.123 e. The molecule has 0 aliphatic heterocycles. The maximum atomic E-state index is 13.2. The van der Waals surface area contributed by atoms with E-state index < -0.39 is 0 Å². The first-order chi connectivity index (χ1) is 9.63. The van der Waals surface area contributed by atoms with Gasteiger partial charge in [0.15, 0.2) is 0 Å². The summed E-state index contributed by atoms with van der Waals surface area (Å²) in [7, 11) is 1.63. The second-order valence-electron chi connectivity index (χ2n) is 4.80. The third-order valence-electron chi connectivity index (χ3n) is 3.29. The quantitative estimate of drug-likeness (QED) is 0.651. The van der Waals surface area contributed by atoms with Gasteiger partial charge in [0.05, 0.1) is 13.2 Å². The highest BCUT2D eigenvalue weighted by Gasteiger charge is 2.15. The molecule has 0 aromatic heterocycles. The lowest BCUT2D eigenvalue weighted by Gasteiger charge is -2.19. The minimum absolute atomic E-state index is 0.132. The SMILES string of the molecule is COc1cc(C)ccc1C(Cc1cccc(F)c1)NN. The van der Waals surface area contributed by atoms with E-state index in [9.17, 15) is 4.39 Å². The van der Waals surface area contributed by atoms with E-state index in [0.717, 1.165) is 22.4 Å². The normalized spacial score (nSPS) is 12.2. The van der Waals surface area contributed by atoms with Gasteiger partial charge in [-0.3, -0.25) is 11.3 Å². The van der Waals surface area contributed by atoms with E-state index in [0.29, 0.717) is 6.42 Å². The molecule has 20 heavy (non-hydrogen) atoms. The molecule has 0 spiro atoms. The molecule has 1 unspecified atom stereocenters. The van der Waals surface area contributed by atoms with Crippen LogP contribution in [0.5, 0.6) is 5.75 Å². The number of benzene rings is 2. The molecule has 3 nitrogen and oxygen atoms in total. The molecule has 1 atom stereocenters. The van der Waals surface area contributed by atoms with E-state index >= 15 is 0 Å². The number of rotatable bonds is 5. The van der Waals surface area contributed by atoms with Crippen LogP contribution in [0.25, 0.3) is 0 Å². The molecule has 2 aromatic carbocycles. The number of hydrazine groups is 1. The summed E-state index contributed by atoms with van der Waals surface area (Å²) in [6, 6.07) is 12.4. The van der Waals surface area contributed by atoms with Crippen molar-refractivity contribution >= 4 is 0 Å². The van der Waals surface area contributed by atoms with Gasteiger partial charge in [0.25, 0.3) is 0 Å². The van der Waals surface area contributed by atoms with E-state index in [-0.39, 0.29) is 11.9 Å². The number of ether oxygens (including phenoxy) is 1. The van der Waals surface area contributed by atoms with Gasteiger partial charge >= 0.3 is 0 Å². The summed E-state index contributed by atoms with van der Waals surface area (Å²) in [5.74, 6) is 6.19. The van der Waals surface area contributed by atoms with Crippen molar-refractivity contribution in [2.24, 2.45) is 5.84 Å². The number of nitrogens with two attached hydrogens (primary N) is 1. The summed E-state index contributed by atoms with van der Waals surface area (Å²) in [5.41, 5.74) is 5.74. The number of nitrogens with one attached hydrogen (secondary N) is 1. The van der Waals surface area contributed by atoms with E-state index in [1.54, 1.807) is 13.2 Å². The summed E-state index contributed by atoms with van der Waals surface area (Å²) in [5, 5.41) is 0. The van der Waals surface area contributed by atoms with Crippen LogP contribution in [-0.2, 0) is 6.42 Å². The second kappa shape index (κ2) is 6.50. The molecule has 3 N–H and O–H groups in total. The van der Waals surface area contributed by atoms with E-state index in [2.05, 4.69) is 5.43 Å². The molecular formula is C16H19FN2O. The molecule has 0 amide bonds. The Bertz CT molecular complexity index is 586. The molecule has 0 bridgehead atoms. The van der Waals surface area contributed by atoms with Gasteiger partial charge in [0.1, 0.15) is 11.6 Å². The van der Waals surface area contributed by atoms with E-state index in [4.69, 9.17) is 10.6 Å². The van der Waals surface area contributed by atoms with Gasteiger partial charge in [-0.05, 0) is 42.7 Å². The zero-order chi connectivity index (χ0) is 14.5. The van der Waals surface area contributed by atoms with Gasteiger partial charge in [-0.2, -0.15) is 0 Å². The first-order valence-corrected chi connectivity index (χ1v) is 6.49. The van der Waals surface area contributed by atoms with Crippen LogP contribution in [0.15, 0.2) is 42.5 Å². The first-order valence-electron chi connectivity index (χ1n) is 6.49. The Labute approximate surface area is 118 Å². The number of hydrogen-bond donors (Lipinski definition) is 2. The van der Waals surface area contributed by atoms with E-state index in [1.807, 2.05) is 31.2 Å². The van der Waals surface area contributed by atoms with Crippen molar-refractivity contribution in [3.8, 4) is 5.75 Å². The monoisotopic (exact) mass is 274 g/mol. The predicted octanol–water partition coefficient (Wildman–Crippen LogP) is 2.89. The predicted molar refractivity (Wildman–Crippen MR) is 77.9 cm³/mol. The molecule has 4 heteroatoms. The highest BCUT2D eigenvalue weighted by Crippen LogP contribution is 2.28. The molecule has 0 fully saturated rings. The number of aryl methyl sites for hydroxylation is 1. The van der Waals surface area contributed by atoms with Gasteiger partial charge in [-0.25, -0.2) is 4.39 Å². The van der Waals surface area contributed by atoms with Crippen LogP contribution < -0.4 is 16.0 Å². The lowest BCUT2D eigenvalue weighted by Crippen LogP contribution is -2.30. The van der Waals surface area contributed by atoms with Crippen molar-refractivity contribution in [2.45, 2.75) is 19.4 Å². The topological polar surface area (TPSA) is 47.3 Å². The van der Waals surface area contributed by atoms with Gasteiger partial charge in [0, 0.05) is 5.56 Å². The Kier molecular flexibility index (Phi) is 4.71. The number of methoxy groups -OCH3 is 1. The third kappa shape index (κ3) is 3.35. The van der Waals surface area contributed by atoms with Crippen LogP contribution in [0.2, 0.25) is 0 Å². The first kappa shape index (κ1) is 14.5. The minimum Gasteiger partial charge on any atom is -0.496 e.